The molecule has 0 bridgehead atoms. The van der Waals surface area contributed by atoms with Crippen LogP contribution in [0.2, 0.25) is 0 Å². The van der Waals surface area contributed by atoms with Crippen molar-refractivity contribution in [1.29, 1.82) is 0 Å². The third kappa shape index (κ3) is 3.82. The lowest BCUT2D eigenvalue weighted by Gasteiger charge is -2.23. The normalized spacial score (nSPS) is 11.4. The Morgan fingerprint density at radius 2 is 1.93 bits per heavy atom. The Hall–Kier alpha value is -3.13. The fourth-order valence-electron chi connectivity index (χ4n) is 3.35. The maximum atomic E-state index is 13.6. The van der Waals surface area contributed by atoms with Gasteiger partial charge >= 0.3 is 0 Å². The maximum Gasteiger partial charge on any atom is 0.260 e. The lowest BCUT2D eigenvalue weighted by molar-refractivity contribution is 0.0984. The van der Waals surface area contributed by atoms with Crippen LogP contribution in [0.5, 0.6) is 0 Å². The van der Waals surface area contributed by atoms with Gasteiger partial charge in [-0.3, -0.25) is 4.79 Å². The number of pyridine rings is 1. The summed E-state index contributed by atoms with van der Waals surface area (Å²) in [4.78, 5) is 24.3. The highest BCUT2D eigenvalue weighted by atomic mass is 32.1. The largest absolute Gasteiger partial charge is 0.302 e. The van der Waals surface area contributed by atoms with Gasteiger partial charge in [0.05, 0.1) is 34.7 Å². The third-order valence-corrected chi connectivity index (χ3v) is 5.67. The first-order valence-electron chi connectivity index (χ1n) is 9.67. The molecule has 1 aromatic carbocycles. The summed E-state index contributed by atoms with van der Waals surface area (Å²) < 4.78 is 15.3. The molecule has 3 aromatic heterocycles. The summed E-state index contributed by atoms with van der Waals surface area (Å²) in [5.41, 5.74) is 3.25. The number of carbonyl (C=O) groups is 1. The van der Waals surface area contributed by atoms with Gasteiger partial charge in [0.2, 0.25) is 0 Å². The molecular formula is C22H22FN5OS. The summed E-state index contributed by atoms with van der Waals surface area (Å²) in [6, 6.07) is 7.90. The average molecular weight is 424 g/mol. The number of nitrogens with zero attached hydrogens (tertiary/aromatic N) is 5. The SMILES string of the molecule is Cc1nc(CN(C(=O)c2cc3cnn(C(C)C)c3nc2C)c2ccc(F)cc2)cs1. The molecule has 0 atom stereocenters. The molecular weight excluding hydrogens is 401 g/mol. The van der Waals surface area contributed by atoms with Gasteiger partial charge in [0.15, 0.2) is 5.65 Å². The van der Waals surface area contributed by atoms with E-state index in [-0.39, 0.29) is 24.3 Å². The van der Waals surface area contributed by atoms with Crippen molar-refractivity contribution >= 4 is 34.0 Å². The summed E-state index contributed by atoms with van der Waals surface area (Å²) in [6.07, 6.45) is 1.73. The van der Waals surface area contributed by atoms with Gasteiger partial charge < -0.3 is 4.90 Å². The predicted molar refractivity (Wildman–Crippen MR) is 116 cm³/mol. The van der Waals surface area contributed by atoms with E-state index in [9.17, 15) is 9.18 Å². The molecule has 0 saturated heterocycles. The number of thiazole rings is 1. The van der Waals surface area contributed by atoms with E-state index in [1.807, 2.05) is 43.8 Å². The van der Waals surface area contributed by atoms with E-state index in [1.165, 1.54) is 23.5 Å². The van der Waals surface area contributed by atoms with Gasteiger partial charge in [0, 0.05) is 22.5 Å². The number of benzene rings is 1. The van der Waals surface area contributed by atoms with E-state index in [4.69, 9.17) is 0 Å². The second-order valence-corrected chi connectivity index (χ2v) is 8.50. The Balaban J connectivity index is 1.77. The number of halogens is 1. The van der Waals surface area contributed by atoms with Crippen LogP contribution in [-0.4, -0.2) is 25.7 Å². The number of aryl methyl sites for hydroxylation is 2. The van der Waals surface area contributed by atoms with Crippen molar-refractivity contribution in [3.8, 4) is 0 Å². The molecule has 6 nitrogen and oxygen atoms in total. The second-order valence-electron chi connectivity index (χ2n) is 7.44. The van der Waals surface area contributed by atoms with E-state index in [0.29, 0.717) is 16.9 Å². The van der Waals surface area contributed by atoms with Crippen LogP contribution in [0.3, 0.4) is 0 Å². The van der Waals surface area contributed by atoms with Crippen molar-refractivity contribution < 1.29 is 9.18 Å². The first-order chi connectivity index (χ1) is 14.3. The summed E-state index contributed by atoms with van der Waals surface area (Å²) in [5, 5.41) is 8.06. The Kier molecular flexibility index (Phi) is 5.34. The monoisotopic (exact) mass is 423 g/mol. The van der Waals surface area contributed by atoms with Crippen molar-refractivity contribution in [3.05, 3.63) is 69.7 Å². The molecule has 4 rings (SSSR count). The first kappa shape index (κ1) is 20.2. The number of anilines is 1. The zero-order valence-corrected chi connectivity index (χ0v) is 18.1. The standard InChI is InChI=1S/C22H22FN5OS/c1-13(2)28-21-16(10-24-28)9-20(14(3)25-21)22(29)27(11-18-12-30-15(4)26-18)19-7-5-17(23)6-8-19/h5-10,12-13H,11H2,1-4H3. The van der Waals surface area contributed by atoms with Crippen LogP contribution < -0.4 is 4.90 Å². The highest BCUT2D eigenvalue weighted by molar-refractivity contribution is 7.09. The minimum absolute atomic E-state index is 0.166. The molecule has 0 saturated carbocycles. The zero-order chi connectivity index (χ0) is 21.4. The highest BCUT2D eigenvalue weighted by Crippen LogP contribution is 2.25. The first-order valence-corrected chi connectivity index (χ1v) is 10.5. The van der Waals surface area contributed by atoms with Gasteiger partial charge in [-0.05, 0) is 58.0 Å². The van der Waals surface area contributed by atoms with E-state index >= 15 is 0 Å². The Morgan fingerprint density at radius 1 is 1.20 bits per heavy atom. The molecule has 0 unspecified atom stereocenters. The number of rotatable bonds is 5. The van der Waals surface area contributed by atoms with Gasteiger partial charge in [-0.25, -0.2) is 19.0 Å². The van der Waals surface area contributed by atoms with E-state index in [0.717, 1.165) is 21.7 Å². The fraction of sp³-hybridized carbons (Fsp3) is 0.273. The maximum absolute atomic E-state index is 13.6. The van der Waals surface area contributed by atoms with Crippen LogP contribution in [0.25, 0.3) is 11.0 Å². The van der Waals surface area contributed by atoms with Gasteiger partial charge in [0.1, 0.15) is 5.82 Å². The summed E-state index contributed by atoms with van der Waals surface area (Å²) in [5.74, 6) is -0.563. The smallest absolute Gasteiger partial charge is 0.260 e. The van der Waals surface area contributed by atoms with Crippen molar-refractivity contribution in [2.75, 3.05) is 4.90 Å². The molecule has 0 aliphatic heterocycles. The molecule has 8 heteroatoms. The zero-order valence-electron chi connectivity index (χ0n) is 17.3. The highest BCUT2D eigenvalue weighted by Gasteiger charge is 2.23. The second kappa shape index (κ2) is 7.95. The molecule has 1 amide bonds. The molecule has 0 N–H and O–H groups in total. The molecule has 0 fully saturated rings. The Labute approximate surface area is 178 Å². The van der Waals surface area contributed by atoms with Crippen molar-refractivity contribution in [3.63, 3.8) is 0 Å². The van der Waals surface area contributed by atoms with Crippen LogP contribution in [-0.2, 0) is 6.54 Å². The predicted octanol–water partition coefficient (Wildman–Crippen LogP) is 5.07. The van der Waals surface area contributed by atoms with Crippen LogP contribution in [0.15, 0.2) is 41.9 Å². The molecule has 154 valence electrons. The van der Waals surface area contributed by atoms with Crippen molar-refractivity contribution in [2.24, 2.45) is 0 Å². The van der Waals surface area contributed by atoms with Gasteiger partial charge in [-0.1, -0.05) is 0 Å². The number of hydrogen-bond acceptors (Lipinski definition) is 5. The van der Waals surface area contributed by atoms with Crippen LogP contribution in [0.4, 0.5) is 10.1 Å². The number of amides is 1. The summed E-state index contributed by atoms with van der Waals surface area (Å²) in [7, 11) is 0. The lowest BCUT2D eigenvalue weighted by atomic mass is 10.1. The van der Waals surface area contributed by atoms with E-state index in [1.54, 1.807) is 23.2 Å². The number of fused-ring (bicyclic) bond motifs is 1. The van der Waals surface area contributed by atoms with Crippen molar-refractivity contribution in [1.82, 2.24) is 19.7 Å². The van der Waals surface area contributed by atoms with E-state index in [2.05, 4.69) is 15.1 Å². The topological polar surface area (TPSA) is 63.9 Å². The Bertz CT molecular complexity index is 1210. The third-order valence-electron chi connectivity index (χ3n) is 4.85. The fourth-order valence-corrected chi connectivity index (χ4v) is 3.95. The minimum atomic E-state index is -0.351. The van der Waals surface area contributed by atoms with Gasteiger partial charge in [-0.2, -0.15) is 5.10 Å². The Morgan fingerprint density at radius 3 is 2.57 bits per heavy atom. The van der Waals surface area contributed by atoms with Crippen LogP contribution in [0.1, 0.15) is 46.6 Å². The molecule has 0 aliphatic carbocycles. The lowest BCUT2D eigenvalue weighted by Crippen LogP contribution is -2.31. The number of aromatic nitrogens is 4. The molecule has 3 heterocycles. The van der Waals surface area contributed by atoms with Crippen LogP contribution in [0, 0.1) is 19.7 Å². The molecule has 0 aliphatic rings. The quantitative estimate of drug-likeness (QED) is 0.449. The average Bonchev–Trinajstić information content (AvgIpc) is 3.31. The minimum Gasteiger partial charge on any atom is -0.302 e. The number of hydrogen-bond donors (Lipinski definition) is 0. The molecule has 30 heavy (non-hydrogen) atoms. The molecule has 0 radical (unpaired) electrons. The number of carbonyl (C=O) groups excluding carboxylic acids is 1. The summed E-state index contributed by atoms with van der Waals surface area (Å²) in [6.45, 7) is 8.10. The molecule has 0 spiro atoms. The van der Waals surface area contributed by atoms with Crippen molar-refractivity contribution in [2.45, 2.75) is 40.3 Å². The van der Waals surface area contributed by atoms with Gasteiger partial charge in [-0.15, -0.1) is 11.3 Å². The summed E-state index contributed by atoms with van der Waals surface area (Å²) >= 11 is 1.53. The van der Waals surface area contributed by atoms with E-state index < -0.39 is 0 Å². The van der Waals surface area contributed by atoms with Crippen LogP contribution >= 0.6 is 11.3 Å². The van der Waals surface area contributed by atoms with Gasteiger partial charge in [0.25, 0.3) is 5.91 Å². The molecule has 4 aromatic rings.